The second kappa shape index (κ2) is 6.57. The van der Waals surface area contributed by atoms with E-state index in [9.17, 15) is 9.59 Å². The number of carbonyl (C=O) groups excluding carboxylic acids is 2. The predicted molar refractivity (Wildman–Crippen MR) is 109 cm³/mol. The smallest absolute Gasteiger partial charge is 0.293 e. The van der Waals surface area contributed by atoms with Gasteiger partial charge in [-0.05, 0) is 23.6 Å². The second-order valence-corrected chi connectivity index (χ2v) is 7.08. The first-order chi connectivity index (χ1) is 13.7. The Morgan fingerprint density at radius 3 is 2.50 bits per heavy atom. The van der Waals surface area contributed by atoms with Crippen molar-refractivity contribution in [3.8, 4) is 0 Å². The molecule has 1 heterocycles. The number of aliphatic imine (C=N–C) groups is 1. The normalized spacial score (nSPS) is 19.6. The minimum absolute atomic E-state index is 0.0133. The Labute approximate surface area is 163 Å². The molecule has 136 valence electrons. The molecule has 0 fully saturated rings. The van der Waals surface area contributed by atoms with E-state index >= 15 is 0 Å². The van der Waals surface area contributed by atoms with E-state index in [0.29, 0.717) is 29.1 Å². The topological polar surface area (TPSA) is 58.5 Å². The number of hydrogen-bond acceptors (Lipinski definition) is 3. The van der Waals surface area contributed by atoms with Crippen LogP contribution in [0.2, 0.25) is 0 Å². The quantitative estimate of drug-likeness (QED) is 0.901. The number of carbonyl (C=O) groups is 2. The highest BCUT2D eigenvalue weighted by atomic mass is 16.1. The Bertz CT molecular complexity index is 1120. The molecule has 28 heavy (non-hydrogen) atoms. The maximum absolute atomic E-state index is 13.0. The maximum atomic E-state index is 13.0. The van der Waals surface area contributed by atoms with Crippen molar-refractivity contribution < 1.29 is 9.59 Å². The van der Waals surface area contributed by atoms with Crippen LogP contribution in [-0.2, 0) is 11.2 Å². The Kier molecular flexibility index (Phi) is 3.90. The van der Waals surface area contributed by atoms with E-state index in [0.717, 1.165) is 17.6 Å². The van der Waals surface area contributed by atoms with Crippen LogP contribution in [0.15, 0.2) is 89.1 Å². The number of rotatable bonds is 4. The summed E-state index contributed by atoms with van der Waals surface area (Å²) in [5.74, 6) is -0.534. The number of benzene rings is 2. The van der Waals surface area contributed by atoms with Crippen LogP contribution >= 0.6 is 0 Å². The van der Waals surface area contributed by atoms with Crippen molar-refractivity contribution in [1.29, 1.82) is 0 Å². The third kappa shape index (κ3) is 2.57. The van der Waals surface area contributed by atoms with Crippen LogP contribution in [0, 0.1) is 5.92 Å². The lowest BCUT2D eigenvalue weighted by atomic mass is 9.70. The molecule has 0 aromatic heterocycles. The lowest BCUT2D eigenvalue weighted by Gasteiger charge is -2.35. The Morgan fingerprint density at radius 1 is 0.929 bits per heavy atom. The Balaban J connectivity index is 1.58. The lowest BCUT2D eigenvalue weighted by molar-refractivity contribution is -0.114. The fraction of sp³-hybridized carbons (Fsp3) is 0.125. The molecule has 1 aliphatic heterocycles. The van der Waals surface area contributed by atoms with E-state index in [4.69, 9.17) is 0 Å². The van der Waals surface area contributed by atoms with E-state index in [1.807, 2.05) is 54.6 Å². The molecule has 4 nitrogen and oxygen atoms in total. The predicted octanol–water partition coefficient (Wildman–Crippen LogP) is 3.52. The average Bonchev–Trinajstić information content (AvgIpc) is 2.73. The minimum Gasteiger partial charge on any atom is -0.380 e. The highest BCUT2D eigenvalue weighted by molar-refractivity contribution is 6.29. The molecule has 0 bridgehead atoms. The first-order valence-corrected chi connectivity index (χ1v) is 9.41. The molecule has 5 rings (SSSR count). The zero-order valence-electron chi connectivity index (χ0n) is 15.2. The summed E-state index contributed by atoms with van der Waals surface area (Å²) in [6.07, 6.45) is 6.28. The number of nitrogens with zero attached hydrogens (tertiary/aromatic N) is 1. The summed E-state index contributed by atoms with van der Waals surface area (Å²) in [5, 5.41) is 3.32. The molecule has 1 N–H and O–H groups in total. The third-order valence-corrected chi connectivity index (χ3v) is 5.43. The number of fused-ring (bicyclic) bond motifs is 2. The summed E-state index contributed by atoms with van der Waals surface area (Å²) >= 11 is 0. The molecule has 2 aliphatic carbocycles. The number of ketones is 1. The van der Waals surface area contributed by atoms with Crippen molar-refractivity contribution in [2.24, 2.45) is 10.9 Å². The van der Waals surface area contributed by atoms with Gasteiger partial charge in [-0.25, -0.2) is 4.99 Å². The molecule has 0 radical (unpaired) electrons. The van der Waals surface area contributed by atoms with Crippen molar-refractivity contribution in [2.45, 2.75) is 6.42 Å². The molecule has 1 amide bonds. The van der Waals surface area contributed by atoms with Gasteiger partial charge in [-0.3, -0.25) is 9.59 Å². The summed E-state index contributed by atoms with van der Waals surface area (Å²) in [4.78, 5) is 30.1. The maximum Gasteiger partial charge on any atom is 0.293 e. The van der Waals surface area contributed by atoms with Gasteiger partial charge in [0.1, 0.15) is 5.70 Å². The molecule has 3 aliphatic rings. The zero-order chi connectivity index (χ0) is 19.1. The molecule has 2 aromatic carbocycles. The molecule has 1 unspecified atom stereocenters. The molecule has 0 saturated carbocycles. The van der Waals surface area contributed by atoms with Crippen LogP contribution in [-0.4, -0.2) is 23.9 Å². The van der Waals surface area contributed by atoms with E-state index < -0.39 is 0 Å². The van der Waals surface area contributed by atoms with Gasteiger partial charge in [0.2, 0.25) is 0 Å². The molecular formula is C24H18N2O2. The van der Waals surface area contributed by atoms with E-state index in [1.165, 1.54) is 5.56 Å². The Hall–Kier alpha value is -3.53. The van der Waals surface area contributed by atoms with Crippen molar-refractivity contribution in [2.75, 3.05) is 6.54 Å². The SMILES string of the molecule is O=C1N=C2C=CC=C3C(=O)c4ccccc4C(=C1NCCc1ccccc1)C32. The number of amides is 1. The number of Topliss-reactive ketones (excluding diaryl/α,β-unsaturated/α-hetero) is 1. The van der Waals surface area contributed by atoms with Gasteiger partial charge in [-0.15, -0.1) is 0 Å². The van der Waals surface area contributed by atoms with Crippen LogP contribution in [0.3, 0.4) is 0 Å². The first kappa shape index (κ1) is 16.6. The van der Waals surface area contributed by atoms with Gasteiger partial charge in [0.05, 0.1) is 11.6 Å². The number of dihydropyridines is 1. The fourth-order valence-electron chi connectivity index (χ4n) is 4.16. The fourth-order valence-corrected chi connectivity index (χ4v) is 4.16. The monoisotopic (exact) mass is 366 g/mol. The van der Waals surface area contributed by atoms with E-state index in [1.54, 1.807) is 6.08 Å². The van der Waals surface area contributed by atoms with Crippen molar-refractivity contribution in [1.82, 2.24) is 5.32 Å². The van der Waals surface area contributed by atoms with Crippen LogP contribution in [0.25, 0.3) is 5.57 Å². The van der Waals surface area contributed by atoms with Gasteiger partial charge in [0.25, 0.3) is 5.91 Å². The summed E-state index contributed by atoms with van der Waals surface area (Å²) in [5.41, 5.74) is 5.38. The average molecular weight is 366 g/mol. The van der Waals surface area contributed by atoms with Crippen LogP contribution < -0.4 is 5.32 Å². The van der Waals surface area contributed by atoms with Crippen molar-refractivity contribution >= 4 is 23.0 Å². The van der Waals surface area contributed by atoms with Gasteiger partial charge < -0.3 is 5.32 Å². The van der Waals surface area contributed by atoms with Gasteiger partial charge in [0, 0.05) is 23.3 Å². The van der Waals surface area contributed by atoms with Crippen LogP contribution in [0.5, 0.6) is 0 Å². The lowest BCUT2D eigenvalue weighted by Crippen LogP contribution is -2.37. The zero-order valence-corrected chi connectivity index (χ0v) is 15.2. The second-order valence-electron chi connectivity index (χ2n) is 7.08. The van der Waals surface area contributed by atoms with E-state index in [-0.39, 0.29) is 17.6 Å². The van der Waals surface area contributed by atoms with Gasteiger partial charge in [0.15, 0.2) is 5.78 Å². The van der Waals surface area contributed by atoms with Crippen molar-refractivity contribution in [3.05, 3.63) is 101 Å². The number of allylic oxidation sites excluding steroid dienone is 5. The highest BCUT2D eigenvalue weighted by Gasteiger charge is 2.42. The summed E-state index contributed by atoms with van der Waals surface area (Å²) < 4.78 is 0. The van der Waals surface area contributed by atoms with Crippen LogP contribution in [0.1, 0.15) is 21.5 Å². The summed E-state index contributed by atoms with van der Waals surface area (Å²) in [7, 11) is 0. The number of hydrogen-bond donors (Lipinski definition) is 1. The molecule has 0 saturated heterocycles. The van der Waals surface area contributed by atoms with Gasteiger partial charge >= 0.3 is 0 Å². The minimum atomic E-state index is -0.274. The van der Waals surface area contributed by atoms with Crippen molar-refractivity contribution in [3.63, 3.8) is 0 Å². The third-order valence-electron chi connectivity index (χ3n) is 5.43. The molecule has 4 heteroatoms. The Morgan fingerprint density at radius 2 is 1.68 bits per heavy atom. The van der Waals surface area contributed by atoms with E-state index in [2.05, 4.69) is 22.4 Å². The molecule has 0 spiro atoms. The van der Waals surface area contributed by atoms with Gasteiger partial charge in [-0.1, -0.05) is 66.7 Å². The summed E-state index contributed by atoms with van der Waals surface area (Å²) in [6.45, 7) is 0.622. The molecule has 2 aromatic rings. The highest BCUT2D eigenvalue weighted by Crippen LogP contribution is 2.44. The largest absolute Gasteiger partial charge is 0.380 e. The summed E-state index contributed by atoms with van der Waals surface area (Å²) in [6, 6.07) is 17.7. The standard InChI is InChI=1S/C24H18N2O2/c27-23-17-10-5-4-9-16(17)21-20-18(23)11-6-12-19(20)26-24(28)22(21)25-14-13-15-7-2-1-3-8-15/h1-12,20,25H,13-14H2. The number of nitrogens with one attached hydrogen (secondary N) is 1. The van der Waals surface area contributed by atoms with Gasteiger partial charge in [-0.2, -0.15) is 0 Å². The first-order valence-electron chi connectivity index (χ1n) is 9.41. The van der Waals surface area contributed by atoms with Crippen LogP contribution in [0.4, 0.5) is 0 Å². The molecule has 1 atom stereocenters. The molecular weight excluding hydrogens is 348 g/mol.